The first-order valence-corrected chi connectivity index (χ1v) is 7.16. The molecule has 1 nitrogen and oxygen atoms in total. The lowest BCUT2D eigenvalue weighted by molar-refractivity contribution is 0.598. The molecule has 2 aromatic carbocycles. The second kappa shape index (κ2) is 6.42. The average molecular weight is 294 g/mol. The van der Waals surface area contributed by atoms with E-state index in [1.54, 1.807) is 6.07 Å². The van der Waals surface area contributed by atoms with Gasteiger partial charge in [0.1, 0.15) is 0 Å². The summed E-state index contributed by atoms with van der Waals surface area (Å²) < 4.78 is 0. The monoisotopic (exact) mass is 293 g/mol. The molecule has 0 saturated heterocycles. The number of benzene rings is 2. The predicted molar refractivity (Wildman–Crippen MR) is 84.0 cm³/mol. The normalized spacial score (nSPS) is 12.4. The summed E-state index contributed by atoms with van der Waals surface area (Å²) in [6.45, 7) is 5.23. The fourth-order valence-electron chi connectivity index (χ4n) is 2.10. The Kier molecular flexibility index (Phi) is 4.87. The highest BCUT2D eigenvalue weighted by Crippen LogP contribution is 2.33. The van der Waals surface area contributed by atoms with Crippen molar-refractivity contribution in [2.24, 2.45) is 0 Å². The van der Waals surface area contributed by atoms with E-state index in [2.05, 4.69) is 43.4 Å². The lowest BCUT2D eigenvalue weighted by atomic mass is 10.0. The van der Waals surface area contributed by atoms with Crippen molar-refractivity contribution < 1.29 is 0 Å². The van der Waals surface area contributed by atoms with E-state index in [4.69, 9.17) is 23.2 Å². The summed E-state index contributed by atoms with van der Waals surface area (Å²) in [5, 5.41) is 4.59. The quantitative estimate of drug-likeness (QED) is 0.803. The fraction of sp³-hybridized carbons (Fsp3) is 0.250. The van der Waals surface area contributed by atoms with E-state index >= 15 is 0 Å². The van der Waals surface area contributed by atoms with Crippen LogP contribution in [0.4, 0.5) is 0 Å². The molecule has 2 aromatic rings. The van der Waals surface area contributed by atoms with Crippen LogP contribution in [-0.2, 0) is 0 Å². The van der Waals surface area contributed by atoms with Gasteiger partial charge in [0.15, 0.2) is 0 Å². The molecule has 1 atom stereocenters. The minimum absolute atomic E-state index is 0.355. The van der Waals surface area contributed by atoms with Gasteiger partial charge in [0.25, 0.3) is 0 Å². The van der Waals surface area contributed by atoms with Crippen molar-refractivity contribution >= 4 is 23.2 Å². The van der Waals surface area contributed by atoms with Gasteiger partial charge in [0.2, 0.25) is 0 Å². The molecule has 1 N–H and O–H groups in total. The summed E-state index contributed by atoms with van der Waals surface area (Å²) >= 11 is 12.3. The molecule has 1 unspecified atom stereocenters. The molecule has 100 valence electrons. The van der Waals surface area contributed by atoms with E-state index in [0.717, 1.165) is 17.7 Å². The van der Waals surface area contributed by atoms with Gasteiger partial charge in [0, 0.05) is 11.6 Å². The number of hydrogen-bond donors (Lipinski definition) is 1. The molecule has 0 spiro atoms. The third-order valence-electron chi connectivity index (χ3n) is 3.18. The first kappa shape index (κ1) is 14.4. The van der Waals surface area contributed by atoms with E-state index < -0.39 is 0 Å². The van der Waals surface area contributed by atoms with Crippen LogP contribution in [0.2, 0.25) is 10.0 Å². The van der Waals surface area contributed by atoms with Crippen LogP contribution in [0.5, 0.6) is 0 Å². The maximum absolute atomic E-state index is 6.24. The molecule has 19 heavy (non-hydrogen) atoms. The highest BCUT2D eigenvalue weighted by molar-refractivity contribution is 6.43. The third-order valence-corrected chi connectivity index (χ3v) is 4.00. The van der Waals surface area contributed by atoms with Crippen LogP contribution in [0, 0.1) is 0 Å². The molecule has 0 heterocycles. The van der Waals surface area contributed by atoms with Crippen molar-refractivity contribution in [3.8, 4) is 11.1 Å². The Balaban J connectivity index is 2.30. The molecular formula is C16H17Cl2N. The Labute approximate surface area is 124 Å². The topological polar surface area (TPSA) is 12.0 Å². The van der Waals surface area contributed by atoms with Crippen LogP contribution in [0.25, 0.3) is 11.1 Å². The lowest BCUT2D eigenvalue weighted by Gasteiger charge is -2.13. The zero-order valence-electron chi connectivity index (χ0n) is 11.1. The number of rotatable bonds is 4. The van der Waals surface area contributed by atoms with E-state index in [0.29, 0.717) is 16.1 Å². The molecule has 0 fully saturated rings. The van der Waals surface area contributed by atoms with Crippen LogP contribution in [0.3, 0.4) is 0 Å². The average Bonchev–Trinajstić information content (AvgIpc) is 2.42. The molecule has 0 bridgehead atoms. The molecule has 0 aliphatic heterocycles. The predicted octanol–water partition coefficient (Wildman–Crippen LogP) is 5.33. The van der Waals surface area contributed by atoms with Gasteiger partial charge in [-0.3, -0.25) is 0 Å². The van der Waals surface area contributed by atoms with Gasteiger partial charge in [-0.15, -0.1) is 0 Å². The zero-order chi connectivity index (χ0) is 13.8. The highest BCUT2D eigenvalue weighted by Gasteiger charge is 2.08. The minimum atomic E-state index is 0.355. The molecule has 0 aliphatic rings. The third kappa shape index (κ3) is 3.30. The van der Waals surface area contributed by atoms with Crippen molar-refractivity contribution in [1.29, 1.82) is 0 Å². The van der Waals surface area contributed by atoms with Gasteiger partial charge < -0.3 is 5.32 Å². The van der Waals surface area contributed by atoms with E-state index in [1.165, 1.54) is 5.56 Å². The second-order valence-electron chi connectivity index (χ2n) is 4.50. The van der Waals surface area contributed by atoms with E-state index in [1.807, 2.05) is 12.1 Å². The minimum Gasteiger partial charge on any atom is -0.310 e. The van der Waals surface area contributed by atoms with Gasteiger partial charge in [-0.25, -0.2) is 0 Å². The summed E-state index contributed by atoms with van der Waals surface area (Å²) in [6.07, 6.45) is 0. The largest absolute Gasteiger partial charge is 0.310 e. The fourth-order valence-corrected chi connectivity index (χ4v) is 2.51. The van der Waals surface area contributed by atoms with Gasteiger partial charge in [-0.1, -0.05) is 66.5 Å². The van der Waals surface area contributed by atoms with Gasteiger partial charge in [-0.05, 0) is 30.7 Å². The molecule has 0 amide bonds. The van der Waals surface area contributed by atoms with Crippen molar-refractivity contribution in [2.45, 2.75) is 19.9 Å². The molecular weight excluding hydrogens is 277 g/mol. The summed E-state index contributed by atoms with van der Waals surface area (Å²) in [6, 6.07) is 14.5. The van der Waals surface area contributed by atoms with Crippen molar-refractivity contribution in [1.82, 2.24) is 5.32 Å². The number of halogens is 2. The number of hydrogen-bond acceptors (Lipinski definition) is 1. The van der Waals surface area contributed by atoms with Gasteiger partial charge in [0.05, 0.1) is 10.0 Å². The zero-order valence-corrected chi connectivity index (χ0v) is 12.6. The Hall–Kier alpha value is -1.02. The summed E-state index contributed by atoms with van der Waals surface area (Å²) in [4.78, 5) is 0. The van der Waals surface area contributed by atoms with Gasteiger partial charge in [-0.2, -0.15) is 0 Å². The first-order valence-electron chi connectivity index (χ1n) is 6.41. The first-order chi connectivity index (χ1) is 9.13. The molecule has 0 aliphatic carbocycles. The lowest BCUT2D eigenvalue weighted by Crippen LogP contribution is -2.17. The maximum Gasteiger partial charge on any atom is 0.0670 e. The molecule has 2 rings (SSSR count). The van der Waals surface area contributed by atoms with Crippen LogP contribution in [0.15, 0.2) is 42.5 Å². The maximum atomic E-state index is 6.24. The SMILES string of the molecule is CCNC(C)c1ccc(-c2cccc(Cl)c2Cl)cc1. The summed E-state index contributed by atoms with van der Waals surface area (Å²) in [5.41, 5.74) is 3.32. The van der Waals surface area contributed by atoms with Crippen LogP contribution in [-0.4, -0.2) is 6.54 Å². The van der Waals surface area contributed by atoms with Crippen LogP contribution < -0.4 is 5.32 Å². The van der Waals surface area contributed by atoms with E-state index in [-0.39, 0.29) is 0 Å². The number of nitrogens with one attached hydrogen (secondary N) is 1. The Morgan fingerprint density at radius 2 is 1.74 bits per heavy atom. The van der Waals surface area contributed by atoms with Crippen molar-refractivity contribution in [3.05, 3.63) is 58.1 Å². The standard InChI is InChI=1S/C16H17Cl2N/c1-3-19-11(2)12-7-9-13(10-8-12)14-5-4-6-15(17)16(14)18/h4-11,19H,3H2,1-2H3. The Morgan fingerprint density at radius 3 is 2.37 bits per heavy atom. The Bertz CT molecular complexity index is 549. The van der Waals surface area contributed by atoms with Crippen molar-refractivity contribution in [2.75, 3.05) is 6.54 Å². The van der Waals surface area contributed by atoms with Gasteiger partial charge >= 0.3 is 0 Å². The molecule has 0 aromatic heterocycles. The molecule has 0 saturated carbocycles. The molecule has 3 heteroatoms. The van der Waals surface area contributed by atoms with E-state index in [9.17, 15) is 0 Å². The Morgan fingerprint density at radius 1 is 1.05 bits per heavy atom. The smallest absolute Gasteiger partial charge is 0.0670 e. The summed E-state index contributed by atoms with van der Waals surface area (Å²) in [7, 11) is 0. The van der Waals surface area contributed by atoms with Crippen molar-refractivity contribution in [3.63, 3.8) is 0 Å². The second-order valence-corrected chi connectivity index (χ2v) is 5.29. The highest BCUT2D eigenvalue weighted by atomic mass is 35.5. The van der Waals surface area contributed by atoms with Crippen LogP contribution >= 0.6 is 23.2 Å². The van der Waals surface area contributed by atoms with Crippen LogP contribution in [0.1, 0.15) is 25.5 Å². The molecule has 0 radical (unpaired) electrons. The summed E-state index contributed by atoms with van der Waals surface area (Å²) in [5.74, 6) is 0.